The minimum atomic E-state index is -0.826. The van der Waals surface area contributed by atoms with E-state index in [2.05, 4.69) is 43.9 Å². The lowest BCUT2D eigenvalue weighted by atomic mass is 9.86. The summed E-state index contributed by atoms with van der Waals surface area (Å²) in [6.07, 6.45) is 0. The number of carbonyl (C=O) groups excluding carboxylic acids is 1. The van der Waals surface area contributed by atoms with E-state index in [9.17, 15) is 13.6 Å². The molecule has 0 unspecified atom stereocenters. The first-order valence-electron chi connectivity index (χ1n) is 11.9. The lowest BCUT2D eigenvalue weighted by Crippen LogP contribution is -2.42. The van der Waals surface area contributed by atoms with Crippen molar-refractivity contribution in [3.05, 3.63) is 107 Å². The van der Waals surface area contributed by atoms with Crippen LogP contribution in [0.5, 0.6) is 0 Å². The van der Waals surface area contributed by atoms with Crippen molar-refractivity contribution >= 4 is 5.91 Å². The first-order valence-corrected chi connectivity index (χ1v) is 11.9. The third-order valence-electron chi connectivity index (χ3n) is 6.83. The standard InChI is InChI=1S/C29H32F2N2O/c1-20(2)33(29(34)23-10-5-4-6-11-23)18-24-17-32(16-22-13-14-27(30)28(31)15-22)19-26(24)25-12-8-7-9-21(25)3/h4-15,20,24,26H,16-19H2,1-3H3/t24-,26-/m0/s1. The summed E-state index contributed by atoms with van der Waals surface area (Å²) < 4.78 is 27.2. The highest BCUT2D eigenvalue weighted by molar-refractivity contribution is 5.94. The summed E-state index contributed by atoms with van der Waals surface area (Å²) in [5.74, 6) is -1.13. The number of hydrogen-bond acceptors (Lipinski definition) is 2. The Morgan fingerprint density at radius 2 is 1.68 bits per heavy atom. The zero-order valence-electron chi connectivity index (χ0n) is 20.0. The van der Waals surface area contributed by atoms with E-state index < -0.39 is 11.6 Å². The second-order valence-electron chi connectivity index (χ2n) is 9.58. The minimum absolute atomic E-state index is 0.0400. The lowest BCUT2D eigenvalue weighted by molar-refractivity contribution is 0.0668. The molecule has 5 heteroatoms. The molecule has 1 aliphatic rings. The molecule has 0 spiro atoms. The predicted octanol–water partition coefficient (Wildman–Crippen LogP) is 6.04. The third kappa shape index (κ3) is 5.36. The molecular formula is C29H32F2N2O. The zero-order chi connectivity index (χ0) is 24.2. The monoisotopic (exact) mass is 462 g/mol. The molecule has 0 radical (unpaired) electrons. The van der Waals surface area contributed by atoms with Crippen molar-refractivity contribution < 1.29 is 13.6 Å². The third-order valence-corrected chi connectivity index (χ3v) is 6.83. The van der Waals surface area contributed by atoms with Gasteiger partial charge in [-0.2, -0.15) is 0 Å². The molecule has 1 heterocycles. The number of benzene rings is 3. The molecule has 0 bridgehead atoms. The average Bonchev–Trinajstić information content (AvgIpc) is 3.22. The Hall–Kier alpha value is -3.05. The van der Waals surface area contributed by atoms with Crippen molar-refractivity contribution in [3.63, 3.8) is 0 Å². The van der Waals surface area contributed by atoms with Crippen molar-refractivity contribution in [2.45, 2.75) is 39.3 Å². The van der Waals surface area contributed by atoms with E-state index in [0.29, 0.717) is 18.7 Å². The summed E-state index contributed by atoms with van der Waals surface area (Å²) in [5.41, 5.74) is 3.97. The average molecular weight is 463 g/mol. The number of aryl methyl sites for hydroxylation is 1. The smallest absolute Gasteiger partial charge is 0.254 e. The van der Waals surface area contributed by atoms with Crippen LogP contribution in [0.2, 0.25) is 0 Å². The lowest BCUT2D eigenvalue weighted by Gasteiger charge is -2.32. The van der Waals surface area contributed by atoms with Crippen LogP contribution in [0.3, 0.4) is 0 Å². The normalized spacial score (nSPS) is 18.4. The Morgan fingerprint density at radius 1 is 0.971 bits per heavy atom. The van der Waals surface area contributed by atoms with Gasteiger partial charge < -0.3 is 4.90 Å². The molecule has 3 nitrogen and oxygen atoms in total. The van der Waals surface area contributed by atoms with Crippen molar-refractivity contribution in [1.29, 1.82) is 0 Å². The fraction of sp³-hybridized carbons (Fsp3) is 0.345. The van der Waals surface area contributed by atoms with E-state index in [-0.39, 0.29) is 23.8 Å². The van der Waals surface area contributed by atoms with Crippen molar-refractivity contribution in [2.75, 3.05) is 19.6 Å². The van der Waals surface area contributed by atoms with Crippen LogP contribution in [0.25, 0.3) is 0 Å². The maximum Gasteiger partial charge on any atom is 0.254 e. The van der Waals surface area contributed by atoms with Crippen LogP contribution in [-0.2, 0) is 6.54 Å². The number of halogens is 2. The van der Waals surface area contributed by atoms with Gasteiger partial charge in [-0.15, -0.1) is 0 Å². The van der Waals surface area contributed by atoms with Gasteiger partial charge in [-0.25, -0.2) is 8.78 Å². The predicted molar refractivity (Wildman–Crippen MR) is 132 cm³/mol. The van der Waals surface area contributed by atoms with Crippen LogP contribution in [0, 0.1) is 24.5 Å². The summed E-state index contributed by atoms with van der Waals surface area (Å²) in [4.78, 5) is 17.6. The molecule has 3 aromatic carbocycles. The molecule has 1 saturated heterocycles. The molecule has 34 heavy (non-hydrogen) atoms. The summed E-state index contributed by atoms with van der Waals surface area (Å²) in [6.45, 7) is 9.00. The Balaban J connectivity index is 1.59. The van der Waals surface area contributed by atoms with E-state index in [4.69, 9.17) is 0 Å². The SMILES string of the molecule is Cc1ccccc1[C@H]1CN(Cc2ccc(F)c(F)c2)C[C@H]1CN(C(=O)c1ccccc1)C(C)C. The van der Waals surface area contributed by atoms with Gasteiger partial charge in [0, 0.05) is 43.7 Å². The Morgan fingerprint density at radius 3 is 2.35 bits per heavy atom. The number of hydrogen-bond donors (Lipinski definition) is 0. The van der Waals surface area contributed by atoms with E-state index in [1.54, 1.807) is 6.07 Å². The summed E-state index contributed by atoms with van der Waals surface area (Å²) in [5, 5.41) is 0. The van der Waals surface area contributed by atoms with Gasteiger partial charge in [0.05, 0.1) is 0 Å². The Kier molecular flexibility index (Phi) is 7.42. The maximum absolute atomic E-state index is 13.8. The van der Waals surface area contributed by atoms with Gasteiger partial charge in [0.15, 0.2) is 11.6 Å². The molecule has 4 rings (SSSR count). The molecule has 0 aliphatic carbocycles. The summed E-state index contributed by atoms with van der Waals surface area (Å²) in [7, 11) is 0. The molecule has 1 fully saturated rings. The second-order valence-corrected chi connectivity index (χ2v) is 9.58. The van der Waals surface area contributed by atoms with Gasteiger partial charge in [0.2, 0.25) is 0 Å². The van der Waals surface area contributed by atoms with Gasteiger partial charge in [-0.05, 0) is 67.6 Å². The zero-order valence-corrected chi connectivity index (χ0v) is 20.0. The van der Waals surface area contributed by atoms with E-state index in [1.807, 2.05) is 41.3 Å². The quantitative estimate of drug-likeness (QED) is 0.427. The summed E-state index contributed by atoms with van der Waals surface area (Å²) >= 11 is 0. The Labute approximate surface area is 201 Å². The van der Waals surface area contributed by atoms with Gasteiger partial charge in [-0.1, -0.05) is 48.5 Å². The van der Waals surface area contributed by atoms with Crippen LogP contribution in [0.1, 0.15) is 46.8 Å². The molecule has 0 aromatic heterocycles. The van der Waals surface area contributed by atoms with Crippen LogP contribution in [0.4, 0.5) is 8.78 Å². The topological polar surface area (TPSA) is 23.6 Å². The first-order chi connectivity index (χ1) is 16.3. The van der Waals surface area contributed by atoms with Crippen molar-refractivity contribution in [3.8, 4) is 0 Å². The second kappa shape index (κ2) is 10.5. The van der Waals surface area contributed by atoms with Gasteiger partial charge in [-0.3, -0.25) is 9.69 Å². The summed E-state index contributed by atoms with van der Waals surface area (Å²) in [6, 6.07) is 22.0. The Bertz CT molecular complexity index is 1130. The molecule has 0 N–H and O–H groups in total. The minimum Gasteiger partial charge on any atom is -0.336 e. The molecule has 1 aliphatic heterocycles. The van der Waals surface area contributed by atoms with Crippen LogP contribution < -0.4 is 0 Å². The highest BCUT2D eigenvalue weighted by atomic mass is 19.2. The largest absolute Gasteiger partial charge is 0.336 e. The molecule has 1 amide bonds. The number of carbonyl (C=O) groups is 1. The van der Waals surface area contributed by atoms with Crippen LogP contribution in [-0.4, -0.2) is 41.4 Å². The number of amides is 1. The van der Waals surface area contributed by atoms with E-state index in [1.165, 1.54) is 23.3 Å². The molecule has 2 atom stereocenters. The number of nitrogens with zero attached hydrogens (tertiary/aromatic N) is 2. The van der Waals surface area contributed by atoms with Crippen LogP contribution in [0.15, 0.2) is 72.8 Å². The first kappa shape index (κ1) is 24.1. The molecular weight excluding hydrogens is 430 g/mol. The van der Waals surface area contributed by atoms with Crippen LogP contribution >= 0.6 is 0 Å². The molecule has 178 valence electrons. The van der Waals surface area contributed by atoms with Gasteiger partial charge in [0.25, 0.3) is 5.91 Å². The molecule has 3 aromatic rings. The molecule has 0 saturated carbocycles. The van der Waals surface area contributed by atoms with Gasteiger partial charge >= 0.3 is 0 Å². The van der Waals surface area contributed by atoms with E-state index >= 15 is 0 Å². The fourth-order valence-corrected chi connectivity index (χ4v) is 5.05. The van der Waals surface area contributed by atoms with Crippen molar-refractivity contribution in [1.82, 2.24) is 9.80 Å². The fourth-order valence-electron chi connectivity index (χ4n) is 5.05. The van der Waals surface area contributed by atoms with Crippen molar-refractivity contribution in [2.24, 2.45) is 5.92 Å². The van der Waals surface area contributed by atoms with E-state index in [0.717, 1.165) is 18.7 Å². The highest BCUT2D eigenvalue weighted by Crippen LogP contribution is 2.36. The highest BCUT2D eigenvalue weighted by Gasteiger charge is 2.37. The maximum atomic E-state index is 13.8. The van der Waals surface area contributed by atoms with Gasteiger partial charge in [0.1, 0.15) is 0 Å². The number of likely N-dealkylation sites (tertiary alicyclic amines) is 1. The number of rotatable bonds is 7.